The van der Waals surface area contributed by atoms with Crippen molar-refractivity contribution < 1.29 is 4.48 Å². The first-order chi connectivity index (χ1) is 10.1. The number of alkyl halides is 1. The quantitative estimate of drug-likeness (QED) is 0.282. The van der Waals surface area contributed by atoms with Gasteiger partial charge in [0.25, 0.3) is 0 Å². The Morgan fingerprint density at radius 3 is 1.81 bits per heavy atom. The Kier molecular flexibility index (Phi) is 6.00. The van der Waals surface area contributed by atoms with Crippen LogP contribution in [0.5, 0.6) is 0 Å². The van der Waals surface area contributed by atoms with E-state index < -0.39 is 0 Å². The number of rotatable bonds is 6. The molecule has 0 spiro atoms. The first-order valence-corrected chi connectivity index (χ1v) is 8.84. The zero-order chi connectivity index (χ0) is 15.1. The summed E-state index contributed by atoms with van der Waals surface area (Å²) in [5.41, 5.74) is 3.93. The molecule has 2 rings (SSSR count). The number of benzene rings is 2. The van der Waals surface area contributed by atoms with Gasteiger partial charge in [0.15, 0.2) is 0 Å². The average molecular weight is 392 g/mol. The molecule has 21 heavy (non-hydrogen) atoms. The predicted octanol–water partition coefficient (Wildman–Crippen LogP) is 4.98. The monoisotopic (exact) mass is 392 g/mol. The largest absolute Gasteiger partial charge is 0.320 e. The first kappa shape index (κ1) is 16.2. The van der Waals surface area contributed by atoms with Crippen molar-refractivity contribution in [2.24, 2.45) is 0 Å². The van der Waals surface area contributed by atoms with E-state index in [9.17, 15) is 0 Å². The van der Waals surface area contributed by atoms with Crippen molar-refractivity contribution in [3.63, 3.8) is 0 Å². The number of hydrogen-bond acceptors (Lipinski definition) is 0. The van der Waals surface area contributed by atoms with Gasteiger partial charge in [0.2, 0.25) is 0 Å². The van der Waals surface area contributed by atoms with Crippen LogP contribution in [0.4, 0.5) is 0 Å². The van der Waals surface area contributed by atoms with Gasteiger partial charge in [0, 0.05) is 6.42 Å². The van der Waals surface area contributed by atoms with Crippen molar-refractivity contribution in [2.75, 3.05) is 25.2 Å². The molecule has 0 aliphatic carbocycles. The van der Waals surface area contributed by atoms with Crippen LogP contribution >= 0.6 is 22.6 Å². The minimum atomic E-state index is 1.05. The molecule has 0 saturated heterocycles. The lowest BCUT2D eigenvalue weighted by molar-refractivity contribution is -0.873. The highest BCUT2D eigenvalue weighted by atomic mass is 127. The van der Waals surface area contributed by atoms with Gasteiger partial charge < -0.3 is 4.48 Å². The second kappa shape index (κ2) is 7.76. The van der Waals surface area contributed by atoms with E-state index in [0.717, 1.165) is 22.0 Å². The predicted molar refractivity (Wildman–Crippen MR) is 100 cm³/mol. The third-order valence-corrected chi connectivity index (χ3v) is 5.42. The van der Waals surface area contributed by atoms with Gasteiger partial charge in [-0.25, -0.2) is 0 Å². The van der Waals surface area contributed by atoms with E-state index in [1.54, 1.807) is 0 Å². The summed E-state index contributed by atoms with van der Waals surface area (Å²) in [5.74, 6) is 0. The summed E-state index contributed by atoms with van der Waals surface area (Å²) in [5, 5.41) is 0. The highest BCUT2D eigenvalue weighted by Gasteiger charge is 2.11. The minimum Gasteiger partial charge on any atom is -0.320 e. The summed E-state index contributed by atoms with van der Waals surface area (Å²) in [6.45, 7) is 1.16. The van der Waals surface area contributed by atoms with Gasteiger partial charge in [-0.15, -0.1) is 0 Å². The molecule has 0 saturated carbocycles. The molecule has 0 aromatic heterocycles. The Bertz CT molecular complexity index is 532. The molecular formula is C19H23IN+. The van der Waals surface area contributed by atoms with Crippen molar-refractivity contribution in [1.29, 1.82) is 0 Å². The zero-order valence-electron chi connectivity index (χ0n) is 12.8. The molecule has 0 radical (unpaired) electrons. The Morgan fingerprint density at radius 1 is 0.905 bits per heavy atom. The molecule has 0 aliphatic heterocycles. The zero-order valence-corrected chi connectivity index (χ0v) is 15.0. The van der Waals surface area contributed by atoms with Crippen molar-refractivity contribution in [3.05, 3.63) is 77.9 Å². The van der Waals surface area contributed by atoms with Gasteiger partial charge >= 0.3 is 0 Å². The molecule has 2 heteroatoms. The summed E-state index contributed by atoms with van der Waals surface area (Å²) >= 11 is 2.46. The second-order valence-corrected chi connectivity index (χ2v) is 6.60. The van der Waals surface area contributed by atoms with E-state index in [0.29, 0.717) is 0 Å². The molecule has 0 unspecified atom stereocenters. The Morgan fingerprint density at radius 2 is 1.38 bits per heavy atom. The maximum absolute atomic E-state index is 2.46. The molecule has 0 fully saturated rings. The Balaban J connectivity index is 2.25. The summed E-state index contributed by atoms with van der Waals surface area (Å²) in [7, 11) is 4.57. The Labute approximate surface area is 142 Å². The maximum atomic E-state index is 2.46. The molecule has 0 aliphatic rings. The van der Waals surface area contributed by atoms with Crippen molar-refractivity contribution >= 4 is 28.2 Å². The van der Waals surface area contributed by atoms with Crippen LogP contribution in [-0.2, 0) is 0 Å². The van der Waals surface area contributed by atoms with Crippen LogP contribution in [0.3, 0.4) is 0 Å². The molecule has 0 N–H and O–H groups in total. The van der Waals surface area contributed by atoms with Crippen molar-refractivity contribution in [2.45, 2.75) is 6.42 Å². The third-order valence-electron chi connectivity index (χ3n) is 3.58. The molecule has 2 aromatic rings. The van der Waals surface area contributed by atoms with Gasteiger partial charge in [-0.3, -0.25) is 0 Å². The third kappa shape index (κ3) is 4.97. The summed E-state index contributed by atoms with van der Waals surface area (Å²) in [6.07, 6.45) is 3.48. The Hall–Kier alpha value is -1.13. The van der Waals surface area contributed by atoms with Gasteiger partial charge in [-0.2, -0.15) is 0 Å². The second-order valence-electron chi connectivity index (χ2n) is 5.92. The van der Waals surface area contributed by atoms with Crippen LogP contribution in [0.1, 0.15) is 17.5 Å². The molecule has 0 atom stereocenters. The van der Waals surface area contributed by atoms with E-state index in [1.165, 1.54) is 16.7 Å². The fourth-order valence-corrected chi connectivity index (χ4v) is 2.60. The molecule has 1 nitrogen and oxygen atoms in total. The van der Waals surface area contributed by atoms with E-state index in [2.05, 4.69) is 103 Å². The van der Waals surface area contributed by atoms with Crippen LogP contribution in [0.25, 0.3) is 5.57 Å². The van der Waals surface area contributed by atoms with Gasteiger partial charge in [-0.1, -0.05) is 66.7 Å². The average Bonchev–Trinajstić information content (AvgIpc) is 2.53. The van der Waals surface area contributed by atoms with E-state index in [1.807, 2.05) is 0 Å². The molecule has 0 amide bonds. The lowest BCUT2D eigenvalue weighted by atomic mass is 9.97. The summed E-state index contributed by atoms with van der Waals surface area (Å²) in [6, 6.07) is 21.3. The molecule has 0 heterocycles. The molecular weight excluding hydrogens is 369 g/mol. The normalized spacial score (nSPS) is 11.2. The minimum absolute atomic E-state index is 1.05. The number of quaternary nitrogens is 1. The lowest BCUT2D eigenvalue weighted by Gasteiger charge is -2.26. The van der Waals surface area contributed by atoms with Gasteiger partial charge in [-0.05, 0) is 39.3 Å². The van der Waals surface area contributed by atoms with Gasteiger partial charge in [0.05, 0.1) is 20.6 Å². The van der Waals surface area contributed by atoms with Crippen molar-refractivity contribution in [1.82, 2.24) is 0 Å². The highest BCUT2D eigenvalue weighted by molar-refractivity contribution is 14.1. The van der Waals surface area contributed by atoms with E-state index in [-0.39, 0.29) is 0 Å². The summed E-state index contributed by atoms with van der Waals surface area (Å²) < 4.78 is 2.19. The van der Waals surface area contributed by atoms with E-state index in [4.69, 9.17) is 0 Å². The van der Waals surface area contributed by atoms with Gasteiger partial charge in [0.1, 0.15) is 4.55 Å². The smallest absolute Gasteiger partial charge is 0.129 e. The van der Waals surface area contributed by atoms with Crippen LogP contribution in [0.15, 0.2) is 66.7 Å². The van der Waals surface area contributed by atoms with Crippen molar-refractivity contribution in [3.8, 4) is 0 Å². The summed E-state index contributed by atoms with van der Waals surface area (Å²) in [4.78, 5) is 0. The molecule has 0 bridgehead atoms. The highest BCUT2D eigenvalue weighted by Crippen LogP contribution is 2.23. The number of halogens is 1. The SMILES string of the molecule is C[N+](C)(CI)CCC=C(c1ccccc1)c1ccccc1. The number of nitrogens with zero attached hydrogens (tertiary/aromatic N) is 1. The fraction of sp³-hybridized carbons (Fsp3) is 0.263. The standard InChI is InChI=1S/C19H23IN/c1-21(2,16-20)15-9-14-19(17-10-5-3-6-11-17)18-12-7-4-8-13-18/h3-8,10-14H,9,15-16H2,1-2H3/q+1. The van der Waals surface area contributed by atoms with E-state index >= 15 is 0 Å². The van der Waals surface area contributed by atoms with Crippen LogP contribution in [-0.4, -0.2) is 29.7 Å². The molecule has 110 valence electrons. The topological polar surface area (TPSA) is 0 Å². The number of hydrogen-bond donors (Lipinski definition) is 0. The van der Waals surface area contributed by atoms with Crippen LogP contribution < -0.4 is 0 Å². The van der Waals surface area contributed by atoms with Crippen LogP contribution in [0.2, 0.25) is 0 Å². The van der Waals surface area contributed by atoms with Crippen LogP contribution in [0, 0.1) is 0 Å². The lowest BCUT2D eigenvalue weighted by Crippen LogP contribution is -2.38. The first-order valence-electron chi connectivity index (χ1n) is 7.31. The molecule has 2 aromatic carbocycles. The fourth-order valence-electron chi connectivity index (χ4n) is 2.26. The maximum Gasteiger partial charge on any atom is 0.129 e.